The summed E-state index contributed by atoms with van der Waals surface area (Å²) in [6, 6.07) is 8.29. The van der Waals surface area contributed by atoms with Crippen LogP contribution in [0.2, 0.25) is 0 Å². The molecule has 1 aromatic carbocycles. The van der Waals surface area contributed by atoms with Crippen LogP contribution in [-0.4, -0.2) is 23.8 Å². The molecule has 0 radical (unpaired) electrons. The quantitative estimate of drug-likeness (QED) is 0.811. The van der Waals surface area contributed by atoms with E-state index in [1.807, 2.05) is 32.9 Å². The van der Waals surface area contributed by atoms with Crippen molar-refractivity contribution >= 4 is 22.0 Å². The highest BCUT2D eigenvalue weighted by molar-refractivity contribution is 9.10. The van der Waals surface area contributed by atoms with E-state index in [1.54, 1.807) is 0 Å². The summed E-state index contributed by atoms with van der Waals surface area (Å²) in [5, 5.41) is 2.96. The number of carbonyl (C=O) groups excluding carboxylic acids is 1. The van der Waals surface area contributed by atoms with Gasteiger partial charge < -0.3 is 14.8 Å². The molecule has 2 atom stereocenters. The van der Waals surface area contributed by atoms with Crippen molar-refractivity contribution in [1.82, 2.24) is 5.32 Å². The number of hydrogen-bond acceptors (Lipinski definition) is 3. The maximum Gasteiger partial charge on any atom is 0.407 e. The molecule has 1 fully saturated rings. The number of halogens is 1. The van der Waals surface area contributed by atoms with E-state index in [0.29, 0.717) is 6.61 Å². The minimum atomic E-state index is -0.462. The van der Waals surface area contributed by atoms with Gasteiger partial charge in [-0.1, -0.05) is 28.1 Å². The molecule has 0 bridgehead atoms. The Morgan fingerprint density at radius 3 is 2.61 bits per heavy atom. The molecular weight excluding hydrogens is 358 g/mol. The molecule has 23 heavy (non-hydrogen) atoms. The summed E-state index contributed by atoms with van der Waals surface area (Å²) < 4.78 is 12.4. The van der Waals surface area contributed by atoms with E-state index in [1.165, 1.54) is 0 Å². The Labute approximate surface area is 147 Å². The third kappa shape index (κ3) is 6.92. The summed E-state index contributed by atoms with van der Waals surface area (Å²) in [4.78, 5) is 11.9. The second-order valence-corrected chi connectivity index (χ2v) is 7.98. The predicted molar refractivity (Wildman–Crippen MR) is 94.3 cm³/mol. The normalized spacial score (nSPS) is 21.7. The first-order valence-corrected chi connectivity index (χ1v) is 8.97. The highest BCUT2D eigenvalue weighted by Gasteiger charge is 2.25. The van der Waals surface area contributed by atoms with Gasteiger partial charge in [0.05, 0.1) is 12.7 Å². The SMILES string of the molecule is CC(C)(C)OC(=O)NC1CCCC(OCc2ccc(Br)cc2)C1. The van der Waals surface area contributed by atoms with Gasteiger partial charge in [0.15, 0.2) is 0 Å². The molecule has 0 heterocycles. The van der Waals surface area contributed by atoms with Crippen molar-refractivity contribution in [3.8, 4) is 0 Å². The number of rotatable bonds is 4. The number of ether oxygens (including phenoxy) is 2. The Bertz CT molecular complexity index is 510. The fourth-order valence-electron chi connectivity index (χ4n) is 2.70. The molecule has 2 rings (SSSR count). The molecule has 1 aliphatic rings. The summed E-state index contributed by atoms with van der Waals surface area (Å²) in [6.07, 6.45) is 3.78. The average Bonchev–Trinajstić information content (AvgIpc) is 2.45. The van der Waals surface area contributed by atoms with Crippen molar-refractivity contribution in [2.45, 2.75) is 70.8 Å². The number of carbonyl (C=O) groups is 1. The van der Waals surface area contributed by atoms with Gasteiger partial charge in [-0.2, -0.15) is 0 Å². The molecule has 2 unspecified atom stereocenters. The molecule has 1 saturated carbocycles. The summed E-state index contributed by atoms with van der Waals surface area (Å²) >= 11 is 3.43. The fourth-order valence-corrected chi connectivity index (χ4v) is 2.96. The Kier molecular flexibility index (Phi) is 6.48. The van der Waals surface area contributed by atoms with Crippen molar-refractivity contribution in [3.05, 3.63) is 34.3 Å². The molecule has 0 saturated heterocycles. The first-order valence-electron chi connectivity index (χ1n) is 8.17. The van der Waals surface area contributed by atoms with Gasteiger partial charge in [-0.15, -0.1) is 0 Å². The smallest absolute Gasteiger partial charge is 0.407 e. The lowest BCUT2D eigenvalue weighted by atomic mass is 9.93. The Morgan fingerprint density at radius 2 is 1.96 bits per heavy atom. The van der Waals surface area contributed by atoms with Crippen LogP contribution in [0.4, 0.5) is 4.79 Å². The van der Waals surface area contributed by atoms with Crippen molar-refractivity contribution in [1.29, 1.82) is 0 Å². The second kappa shape index (κ2) is 8.15. The van der Waals surface area contributed by atoms with Crippen LogP contribution in [0.15, 0.2) is 28.7 Å². The van der Waals surface area contributed by atoms with Gasteiger partial charge in [0.2, 0.25) is 0 Å². The van der Waals surface area contributed by atoms with Crippen molar-refractivity contribution in [2.75, 3.05) is 0 Å². The zero-order valence-corrected chi connectivity index (χ0v) is 15.7. The third-order valence-corrected chi connectivity index (χ3v) is 4.27. The van der Waals surface area contributed by atoms with Gasteiger partial charge in [0, 0.05) is 10.5 Å². The lowest BCUT2D eigenvalue weighted by molar-refractivity contribution is 0.00505. The standard InChI is InChI=1S/C18H26BrNO3/c1-18(2,3)23-17(21)20-15-5-4-6-16(11-15)22-12-13-7-9-14(19)10-8-13/h7-10,15-16H,4-6,11-12H2,1-3H3,(H,20,21). The second-order valence-electron chi connectivity index (χ2n) is 7.07. The molecule has 1 aromatic rings. The van der Waals surface area contributed by atoms with Gasteiger partial charge >= 0.3 is 6.09 Å². The molecule has 0 aliphatic heterocycles. The number of benzene rings is 1. The van der Waals surface area contributed by atoms with E-state index >= 15 is 0 Å². The molecule has 5 heteroatoms. The van der Waals surface area contributed by atoms with E-state index < -0.39 is 5.60 Å². The van der Waals surface area contributed by atoms with Crippen molar-refractivity contribution in [2.24, 2.45) is 0 Å². The molecular formula is C18H26BrNO3. The van der Waals surface area contributed by atoms with Gasteiger partial charge in [0.1, 0.15) is 5.60 Å². The van der Waals surface area contributed by atoms with E-state index in [-0.39, 0.29) is 18.2 Å². The average molecular weight is 384 g/mol. The molecule has 1 aliphatic carbocycles. The van der Waals surface area contributed by atoms with Gasteiger partial charge in [-0.05, 0) is 64.2 Å². The van der Waals surface area contributed by atoms with Crippen LogP contribution in [0.25, 0.3) is 0 Å². The highest BCUT2D eigenvalue weighted by atomic mass is 79.9. The first kappa shape index (κ1) is 18.3. The van der Waals surface area contributed by atoms with Gasteiger partial charge in [-0.3, -0.25) is 0 Å². The Hall–Kier alpha value is -1.07. The number of amides is 1. The first-order chi connectivity index (χ1) is 10.8. The number of alkyl carbamates (subject to hydrolysis) is 1. The summed E-state index contributed by atoms with van der Waals surface area (Å²) in [5.41, 5.74) is 0.700. The van der Waals surface area contributed by atoms with E-state index in [9.17, 15) is 4.79 Å². The predicted octanol–water partition coefficient (Wildman–Crippen LogP) is 4.80. The molecule has 1 N–H and O–H groups in total. The van der Waals surface area contributed by atoms with Crippen LogP contribution >= 0.6 is 15.9 Å². The maximum atomic E-state index is 11.9. The van der Waals surface area contributed by atoms with Crippen LogP contribution < -0.4 is 5.32 Å². The lowest BCUT2D eigenvalue weighted by Crippen LogP contribution is -2.42. The van der Waals surface area contributed by atoms with Gasteiger partial charge in [0.25, 0.3) is 0 Å². The highest BCUT2D eigenvalue weighted by Crippen LogP contribution is 2.23. The van der Waals surface area contributed by atoms with Crippen LogP contribution in [0.5, 0.6) is 0 Å². The third-order valence-electron chi connectivity index (χ3n) is 3.75. The summed E-state index contributed by atoms with van der Waals surface area (Å²) in [6.45, 7) is 6.23. The minimum Gasteiger partial charge on any atom is -0.444 e. The van der Waals surface area contributed by atoms with Crippen LogP contribution in [0, 0.1) is 0 Å². The van der Waals surface area contributed by atoms with E-state index in [2.05, 4.69) is 33.4 Å². The van der Waals surface area contributed by atoms with E-state index in [4.69, 9.17) is 9.47 Å². The largest absolute Gasteiger partial charge is 0.444 e. The zero-order valence-electron chi connectivity index (χ0n) is 14.1. The molecule has 128 valence electrons. The molecule has 0 spiro atoms. The van der Waals surface area contributed by atoms with Gasteiger partial charge in [-0.25, -0.2) is 4.79 Å². The lowest BCUT2D eigenvalue weighted by Gasteiger charge is -2.30. The Morgan fingerprint density at radius 1 is 1.26 bits per heavy atom. The molecule has 4 nitrogen and oxygen atoms in total. The summed E-state index contributed by atoms with van der Waals surface area (Å²) in [7, 11) is 0. The van der Waals surface area contributed by atoms with Crippen LogP contribution in [0.1, 0.15) is 52.0 Å². The van der Waals surface area contributed by atoms with Crippen LogP contribution in [0.3, 0.4) is 0 Å². The maximum absolute atomic E-state index is 11.9. The fraction of sp³-hybridized carbons (Fsp3) is 0.611. The minimum absolute atomic E-state index is 0.133. The summed E-state index contributed by atoms with van der Waals surface area (Å²) in [5.74, 6) is 0. The number of hydrogen-bond donors (Lipinski definition) is 1. The molecule has 0 aromatic heterocycles. The zero-order chi connectivity index (χ0) is 16.9. The topological polar surface area (TPSA) is 47.6 Å². The molecule has 1 amide bonds. The van der Waals surface area contributed by atoms with E-state index in [0.717, 1.165) is 35.7 Å². The van der Waals surface area contributed by atoms with Crippen molar-refractivity contribution in [3.63, 3.8) is 0 Å². The monoisotopic (exact) mass is 383 g/mol. The Balaban J connectivity index is 1.76. The van der Waals surface area contributed by atoms with Crippen LogP contribution in [-0.2, 0) is 16.1 Å². The number of nitrogens with one attached hydrogen (secondary N) is 1. The van der Waals surface area contributed by atoms with Crippen molar-refractivity contribution < 1.29 is 14.3 Å².